The zero-order valence-corrected chi connectivity index (χ0v) is 14.0. The van der Waals surface area contributed by atoms with Crippen LogP contribution >= 0.6 is 11.6 Å². The number of aromatic nitrogens is 1. The van der Waals surface area contributed by atoms with Crippen LogP contribution in [0.15, 0.2) is 71.1 Å². The molecule has 1 heterocycles. The number of nitro benzene ring substituents is 1. The summed E-state index contributed by atoms with van der Waals surface area (Å²) in [4.78, 5) is 14.7. The van der Waals surface area contributed by atoms with Crippen LogP contribution in [-0.2, 0) is 0 Å². The number of nitrogens with zero attached hydrogens (tertiary/aromatic N) is 2. The van der Waals surface area contributed by atoms with Gasteiger partial charge in [0.2, 0.25) is 5.89 Å². The Morgan fingerprint density at radius 2 is 1.81 bits per heavy atom. The fraction of sp³-hybridized carbons (Fsp3) is 0. The first kappa shape index (κ1) is 16.1. The van der Waals surface area contributed by atoms with Crippen molar-refractivity contribution in [1.82, 2.24) is 4.98 Å². The van der Waals surface area contributed by atoms with Crippen LogP contribution in [0.1, 0.15) is 0 Å². The van der Waals surface area contributed by atoms with Crippen LogP contribution in [0.25, 0.3) is 22.6 Å². The minimum Gasteiger partial charge on any atom is -0.457 e. The molecular weight excluding hydrogens is 356 g/mol. The van der Waals surface area contributed by atoms with Crippen LogP contribution in [0.3, 0.4) is 0 Å². The van der Waals surface area contributed by atoms with Gasteiger partial charge in [0.25, 0.3) is 5.69 Å². The predicted molar refractivity (Wildman–Crippen MR) is 97.6 cm³/mol. The Hall–Kier alpha value is -3.38. The third-order valence-corrected chi connectivity index (χ3v) is 3.95. The molecule has 128 valence electrons. The van der Waals surface area contributed by atoms with Crippen LogP contribution < -0.4 is 4.74 Å². The summed E-state index contributed by atoms with van der Waals surface area (Å²) in [5.74, 6) is 1.52. The average Bonchev–Trinajstić information content (AvgIpc) is 3.05. The van der Waals surface area contributed by atoms with E-state index < -0.39 is 4.92 Å². The Balaban J connectivity index is 1.62. The van der Waals surface area contributed by atoms with Gasteiger partial charge in [-0.2, -0.15) is 0 Å². The number of ether oxygens (including phenoxy) is 1. The standard InChI is InChI=1S/C19H11ClN2O4/c20-13-4-9-18-17(11-13)21-19(26-18)12-2-1-3-16(10-12)25-15-7-5-14(6-8-15)22(23)24/h1-11H. The van der Waals surface area contributed by atoms with Gasteiger partial charge in [-0.3, -0.25) is 10.1 Å². The smallest absolute Gasteiger partial charge is 0.269 e. The molecule has 4 rings (SSSR count). The van der Waals surface area contributed by atoms with Crippen molar-refractivity contribution in [3.05, 3.63) is 81.9 Å². The van der Waals surface area contributed by atoms with Crippen molar-refractivity contribution >= 4 is 28.4 Å². The molecule has 0 bridgehead atoms. The first-order chi connectivity index (χ1) is 12.6. The van der Waals surface area contributed by atoms with Gasteiger partial charge >= 0.3 is 0 Å². The van der Waals surface area contributed by atoms with Gasteiger partial charge in [0.15, 0.2) is 5.58 Å². The highest BCUT2D eigenvalue weighted by Gasteiger charge is 2.10. The maximum atomic E-state index is 10.7. The SMILES string of the molecule is O=[N+]([O-])c1ccc(Oc2cccc(-c3nc4cc(Cl)ccc4o3)c2)cc1. The van der Waals surface area contributed by atoms with Crippen LogP contribution in [0.2, 0.25) is 5.02 Å². The lowest BCUT2D eigenvalue weighted by Crippen LogP contribution is -1.88. The van der Waals surface area contributed by atoms with Crippen molar-refractivity contribution in [2.45, 2.75) is 0 Å². The molecule has 4 aromatic rings. The number of non-ortho nitro benzene ring substituents is 1. The van der Waals surface area contributed by atoms with Gasteiger partial charge in [-0.05, 0) is 48.5 Å². The summed E-state index contributed by atoms with van der Waals surface area (Å²) in [5, 5.41) is 11.3. The van der Waals surface area contributed by atoms with E-state index in [1.165, 1.54) is 12.1 Å². The van der Waals surface area contributed by atoms with Crippen molar-refractivity contribution < 1.29 is 14.1 Å². The van der Waals surface area contributed by atoms with Gasteiger partial charge in [0.1, 0.15) is 17.0 Å². The second-order valence-corrected chi connectivity index (χ2v) is 5.95. The molecule has 0 unspecified atom stereocenters. The van der Waals surface area contributed by atoms with E-state index in [1.54, 1.807) is 42.5 Å². The fourth-order valence-electron chi connectivity index (χ4n) is 2.49. The zero-order valence-electron chi connectivity index (χ0n) is 13.3. The molecule has 0 aliphatic rings. The van der Waals surface area contributed by atoms with Crippen LogP contribution in [0.5, 0.6) is 11.5 Å². The highest BCUT2D eigenvalue weighted by molar-refractivity contribution is 6.31. The van der Waals surface area contributed by atoms with Gasteiger partial charge in [0.05, 0.1) is 4.92 Å². The van der Waals surface area contributed by atoms with Gasteiger partial charge < -0.3 is 9.15 Å². The lowest BCUT2D eigenvalue weighted by molar-refractivity contribution is -0.384. The summed E-state index contributed by atoms with van der Waals surface area (Å²) in [5.41, 5.74) is 2.08. The highest BCUT2D eigenvalue weighted by atomic mass is 35.5. The molecule has 0 radical (unpaired) electrons. The average molecular weight is 367 g/mol. The van der Waals surface area contributed by atoms with E-state index in [1.807, 2.05) is 12.1 Å². The molecule has 0 amide bonds. The summed E-state index contributed by atoms with van der Waals surface area (Å²) in [6.07, 6.45) is 0. The van der Waals surface area contributed by atoms with Crippen molar-refractivity contribution in [3.63, 3.8) is 0 Å². The summed E-state index contributed by atoms with van der Waals surface area (Å²) in [6, 6.07) is 18.4. The Morgan fingerprint density at radius 1 is 1.00 bits per heavy atom. The van der Waals surface area contributed by atoms with Gasteiger partial charge in [-0.1, -0.05) is 17.7 Å². The van der Waals surface area contributed by atoms with E-state index in [2.05, 4.69) is 4.98 Å². The lowest BCUT2D eigenvalue weighted by atomic mass is 10.2. The predicted octanol–water partition coefficient (Wildman–Crippen LogP) is 5.85. The Bertz CT molecular complexity index is 1110. The molecule has 1 aromatic heterocycles. The van der Waals surface area contributed by atoms with E-state index in [-0.39, 0.29) is 5.69 Å². The normalized spacial score (nSPS) is 10.8. The number of fused-ring (bicyclic) bond motifs is 1. The minimum atomic E-state index is -0.454. The number of halogens is 1. The second kappa shape index (κ2) is 6.50. The maximum Gasteiger partial charge on any atom is 0.269 e. The van der Waals surface area contributed by atoms with E-state index in [0.717, 1.165) is 5.56 Å². The maximum absolute atomic E-state index is 10.7. The van der Waals surface area contributed by atoms with Crippen molar-refractivity contribution in [1.29, 1.82) is 0 Å². The number of benzene rings is 3. The number of oxazole rings is 1. The quantitative estimate of drug-likeness (QED) is 0.334. The molecule has 0 saturated heterocycles. The van der Waals surface area contributed by atoms with E-state index >= 15 is 0 Å². The molecule has 0 saturated carbocycles. The third-order valence-electron chi connectivity index (χ3n) is 3.71. The van der Waals surface area contributed by atoms with Gasteiger partial charge in [-0.15, -0.1) is 0 Å². The Labute approximate surface area is 152 Å². The lowest BCUT2D eigenvalue weighted by Gasteiger charge is -2.06. The molecular formula is C19H11ClN2O4. The molecule has 6 nitrogen and oxygen atoms in total. The van der Waals surface area contributed by atoms with E-state index in [4.69, 9.17) is 20.8 Å². The van der Waals surface area contributed by atoms with Gasteiger partial charge in [0, 0.05) is 22.7 Å². The molecule has 0 fully saturated rings. The first-order valence-corrected chi connectivity index (χ1v) is 8.05. The highest BCUT2D eigenvalue weighted by Crippen LogP contribution is 2.30. The molecule has 7 heteroatoms. The Kier molecular flexibility index (Phi) is 4.02. The van der Waals surface area contributed by atoms with Crippen LogP contribution in [0, 0.1) is 10.1 Å². The van der Waals surface area contributed by atoms with E-state index in [9.17, 15) is 10.1 Å². The topological polar surface area (TPSA) is 78.4 Å². The van der Waals surface area contributed by atoms with Crippen molar-refractivity contribution in [3.8, 4) is 23.0 Å². The number of nitro groups is 1. The van der Waals surface area contributed by atoms with Crippen LogP contribution in [0.4, 0.5) is 5.69 Å². The number of hydrogen-bond donors (Lipinski definition) is 0. The number of rotatable bonds is 4. The van der Waals surface area contributed by atoms with E-state index in [0.29, 0.717) is 33.5 Å². The third kappa shape index (κ3) is 3.22. The molecule has 26 heavy (non-hydrogen) atoms. The van der Waals surface area contributed by atoms with Gasteiger partial charge in [-0.25, -0.2) is 4.98 Å². The van der Waals surface area contributed by atoms with Crippen molar-refractivity contribution in [2.24, 2.45) is 0 Å². The summed E-state index contributed by atoms with van der Waals surface area (Å²) in [7, 11) is 0. The molecule has 3 aromatic carbocycles. The summed E-state index contributed by atoms with van der Waals surface area (Å²) in [6.45, 7) is 0. The Morgan fingerprint density at radius 3 is 2.58 bits per heavy atom. The zero-order chi connectivity index (χ0) is 18.1. The first-order valence-electron chi connectivity index (χ1n) is 7.67. The summed E-state index contributed by atoms with van der Waals surface area (Å²) < 4.78 is 11.5. The fourth-order valence-corrected chi connectivity index (χ4v) is 2.65. The molecule has 0 spiro atoms. The summed E-state index contributed by atoms with van der Waals surface area (Å²) >= 11 is 5.98. The molecule has 0 N–H and O–H groups in total. The molecule has 0 atom stereocenters. The molecule has 0 aliphatic heterocycles. The van der Waals surface area contributed by atoms with Crippen LogP contribution in [-0.4, -0.2) is 9.91 Å². The second-order valence-electron chi connectivity index (χ2n) is 5.51. The van der Waals surface area contributed by atoms with Crippen molar-refractivity contribution in [2.75, 3.05) is 0 Å². The number of hydrogen-bond acceptors (Lipinski definition) is 5. The minimum absolute atomic E-state index is 0.0104. The molecule has 0 aliphatic carbocycles. The largest absolute Gasteiger partial charge is 0.457 e. The monoisotopic (exact) mass is 366 g/mol.